The Morgan fingerprint density at radius 1 is 1.03 bits per heavy atom. The van der Waals surface area contributed by atoms with Crippen molar-refractivity contribution in [2.45, 2.75) is 40.2 Å². The first-order chi connectivity index (χ1) is 13.8. The molecule has 3 rings (SSSR count). The molecule has 0 saturated heterocycles. The summed E-state index contributed by atoms with van der Waals surface area (Å²) < 4.78 is 1.88. The van der Waals surface area contributed by atoms with Gasteiger partial charge in [0.2, 0.25) is 0 Å². The average Bonchev–Trinajstić information content (AvgIpc) is 2.92. The van der Waals surface area contributed by atoms with E-state index >= 15 is 0 Å². The summed E-state index contributed by atoms with van der Waals surface area (Å²) in [6.45, 7) is 8.78. The maximum Gasteiger partial charge on any atom is 0.175 e. The van der Waals surface area contributed by atoms with E-state index in [1.54, 1.807) is 0 Å². The van der Waals surface area contributed by atoms with Gasteiger partial charge < -0.3 is 10.6 Å². The van der Waals surface area contributed by atoms with E-state index in [-0.39, 0.29) is 0 Å². The van der Waals surface area contributed by atoms with Crippen molar-refractivity contribution in [2.24, 2.45) is 0 Å². The van der Waals surface area contributed by atoms with Crippen molar-refractivity contribution in [1.82, 2.24) is 9.78 Å². The molecule has 152 valence electrons. The fourth-order valence-electron chi connectivity index (χ4n) is 3.09. The Balaban J connectivity index is 1.73. The average molecular weight is 447 g/mol. The van der Waals surface area contributed by atoms with E-state index in [2.05, 4.69) is 41.7 Å². The molecule has 0 aliphatic heterocycles. The first-order valence-corrected chi connectivity index (χ1v) is 10.6. The van der Waals surface area contributed by atoms with Crippen LogP contribution in [0.15, 0.2) is 42.5 Å². The monoisotopic (exact) mass is 446 g/mol. The van der Waals surface area contributed by atoms with Gasteiger partial charge in [0.25, 0.3) is 0 Å². The Kier molecular flexibility index (Phi) is 6.83. The zero-order chi connectivity index (χ0) is 21.1. The highest BCUT2D eigenvalue weighted by molar-refractivity contribution is 7.80. The molecule has 0 unspecified atom stereocenters. The third-order valence-electron chi connectivity index (χ3n) is 4.82. The number of anilines is 2. The van der Waals surface area contributed by atoms with Crippen molar-refractivity contribution < 1.29 is 0 Å². The highest BCUT2D eigenvalue weighted by Crippen LogP contribution is 2.27. The molecule has 0 amide bonds. The van der Waals surface area contributed by atoms with Crippen molar-refractivity contribution in [1.29, 1.82) is 0 Å². The van der Waals surface area contributed by atoms with Crippen molar-refractivity contribution >= 4 is 51.9 Å². The van der Waals surface area contributed by atoms with E-state index in [1.807, 2.05) is 48.9 Å². The minimum absolute atomic E-state index is 0.490. The lowest BCUT2D eigenvalue weighted by atomic mass is 10.0. The van der Waals surface area contributed by atoms with E-state index < -0.39 is 0 Å². The van der Waals surface area contributed by atoms with Gasteiger partial charge in [-0.1, -0.05) is 55.2 Å². The molecule has 0 spiro atoms. The number of aromatic nitrogens is 2. The Hall–Kier alpha value is -2.08. The zero-order valence-electron chi connectivity index (χ0n) is 16.9. The molecule has 1 aromatic heterocycles. The standard InChI is InChI=1S/C22H24Cl2N4S/c1-13(2)16-8-10-17(11-9-16)25-22(29)26-21-14(3)27-28(15(21)4)12-18-19(23)6-5-7-20(18)24/h5-11,13H,12H2,1-4H3,(H2,25,26,29). The summed E-state index contributed by atoms with van der Waals surface area (Å²) in [5.41, 5.74) is 5.77. The smallest absolute Gasteiger partial charge is 0.175 e. The molecule has 7 heteroatoms. The van der Waals surface area contributed by atoms with Crippen LogP contribution in [0.3, 0.4) is 0 Å². The molecule has 1 heterocycles. The molecule has 0 saturated carbocycles. The molecule has 0 radical (unpaired) electrons. The largest absolute Gasteiger partial charge is 0.332 e. The Labute approximate surface area is 187 Å². The van der Waals surface area contributed by atoms with Gasteiger partial charge in [0, 0.05) is 21.3 Å². The highest BCUT2D eigenvalue weighted by atomic mass is 35.5. The molecular weight excluding hydrogens is 423 g/mol. The minimum atomic E-state index is 0.490. The SMILES string of the molecule is Cc1nn(Cc2c(Cl)cccc2Cl)c(C)c1NC(=S)Nc1ccc(C(C)C)cc1. The number of benzene rings is 2. The quantitative estimate of drug-likeness (QED) is 0.423. The van der Waals surface area contributed by atoms with Crippen molar-refractivity contribution in [3.63, 3.8) is 0 Å². The van der Waals surface area contributed by atoms with Crippen LogP contribution in [0.5, 0.6) is 0 Å². The first-order valence-electron chi connectivity index (χ1n) is 9.41. The third kappa shape index (κ3) is 5.10. The van der Waals surface area contributed by atoms with E-state index in [1.165, 1.54) is 5.56 Å². The normalized spacial score (nSPS) is 11.0. The lowest BCUT2D eigenvalue weighted by Crippen LogP contribution is -2.20. The number of hydrogen-bond acceptors (Lipinski definition) is 2. The van der Waals surface area contributed by atoms with E-state index in [0.29, 0.717) is 27.6 Å². The van der Waals surface area contributed by atoms with Gasteiger partial charge in [-0.25, -0.2) is 0 Å². The van der Waals surface area contributed by atoms with Crippen LogP contribution in [0, 0.1) is 13.8 Å². The number of nitrogens with zero attached hydrogens (tertiary/aromatic N) is 2. The van der Waals surface area contributed by atoms with Crippen LogP contribution in [0.25, 0.3) is 0 Å². The summed E-state index contributed by atoms with van der Waals surface area (Å²) in [6, 6.07) is 13.8. The fourth-order valence-corrected chi connectivity index (χ4v) is 3.83. The van der Waals surface area contributed by atoms with Gasteiger partial charge in [-0.3, -0.25) is 4.68 Å². The van der Waals surface area contributed by atoms with Gasteiger partial charge in [-0.15, -0.1) is 0 Å². The number of rotatable bonds is 5. The van der Waals surface area contributed by atoms with Crippen LogP contribution in [0.1, 0.15) is 42.3 Å². The van der Waals surface area contributed by atoms with Gasteiger partial charge in [-0.05, 0) is 61.8 Å². The fraction of sp³-hybridized carbons (Fsp3) is 0.273. The van der Waals surface area contributed by atoms with Gasteiger partial charge >= 0.3 is 0 Å². The molecule has 2 N–H and O–H groups in total. The van der Waals surface area contributed by atoms with Crippen LogP contribution in [0.4, 0.5) is 11.4 Å². The summed E-state index contributed by atoms with van der Waals surface area (Å²) in [7, 11) is 0. The van der Waals surface area contributed by atoms with Crippen molar-refractivity contribution in [2.75, 3.05) is 10.6 Å². The second-order valence-electron chi connectivity index (χ2n) is 7.26. The number of halogens is 2. The summed E-state index contributed by atoms with van der Waals surface area (Å²) in [6.07, 6.45) is 0. The molecule has 0 fully saturated rings. The second-order valence-corrected chi connectivity index (χ2v) is 8.48. The Morgan fingerprint density at radius 3 is 2.24 bits per heavy atom. The lowest BCUT2D eigenvalue weighted by Gasteiger charge is -2.13. The molecule has 0 aliphatic rings. The molecule has 4 nitrogen and oxygen atoms in total. The topological polar surface area (TPSA) is 41.9 Å². The van der Waals surface area contributed by atoms with Gasteiger partial charge in [0.15, 0.2) is 5.11 Å². The van der Waals surface area contributed by atoms with Crippen LogP contribution >= 0.6 is 35.4 Å². The Morgan fingerprint density at radius 2 is 1.66 bits per heavy atom. The molecule has 2 aromatic carbocycles. The number of nitrogens with one attached hydrogen (secondary N) is 2. The maximum absolute atomic E-state index is 6.31. The van der Waals surface area contributed by atoms with Gasteiger partial charge in [0.05, 0.1) is 23.6 Å². The highest BCUT2D eigenvalue weighted by Gasteiger charge is 2.15. The maximum atomic E-state index is 6.31. The van der Waals surface area contributed by atoms with Crippen LogP contribution in [-0.4, -0.2) is 14.9 Å². The van der Waals surface area contributed by atoms with Crippen LogP contribution in [0.2, 0.25) is 10.0 Å². The van der Waals surface area contributed by atoms with E-state index in [0.717, 1.165) is 28.3 Å². The summed E-state index contributed by atoms with van der Waals surface area (Å²) >= 11 is 18.1. The second kappa shape index (κ2) is 9.16. The molecule has 29 heavy (non-hydrogen) atoms. The Bertz CT molecular complexity index is 1010. The predicted octanol–water partition coefficient (Wildman–Crippen LogP) is 6.79. The summed E-state index contributed by atoms with van der Waals surface area (Å²) in [4.78, 5) is 0. The van der Waals surface area contributed by atoms with Gasteiger partial charge in [-0.2, -0.15) is 5.10 Å². The van der Waals surface area contributed by atoms with E-state index in [9.17, 15) is 0 Å². The van der Waals surface area contributed by atoms with E-state index in [4.69, 9.17) is 35.4 Å². The summed E-state index contributed by atoms with van der Waals surface area (Å²) in [5.74, 6) is 0.497. The molecule has 0 bridgehead atoms. The number of aryl methyl sites for hydroxylation is 1. The zero-order valence-corrected chi connectivity index (χ0v) is 19.2. The molecule has 0 aliphatic carbocycles. The summed E-state index contributed by atoms with van der Waals surface area (Å²) in [5, 5.41) is 12.9. The van der Waals surface area contributed by atoms with Crippen molar-refractivity contribution in [3.05, 3.63) is 75.0 Å². The minimum Gasteiger partial charge on any atom is -0.332 e. The van der Waals surface area contributed by atoms with Crippen LogP contribution in [-0.2, 0) is 6.54 Å². The lowest BCUT2D eigenvalue weighted by molar-refractivity contribution is 0.659. The third-order valence-corrected chi connectivity index (χ3v) is 5.74. The predicted molar refractivity (Wildman–Crippen MR) is 128 cm³/mol. The number of hydrogen-bond donors (Lipinski definition) is 2. The van der Waals surface area contributed by atoms with Gasteiger partial charge in [0.1, 0.15) is 0 Å². The van der Waals surface area contributed by atoms with Crippen molar-refractivity contribution in [3.8, 4) is 0 Å². The molecule has 0 atom stereocenters. The molecule has 3 aromatic rings. The number of thiocarbonyl (C=S) groups is 1. The molecular formula is C22H24Cl2N4S. The van der Waals surface area contributed by atoms with Crippen LogP contribution < -0.4 is 10.6 Å². The first kappa shape index (κ1) is 21.6.